The number of aryl methyl sites for hydroxylation is 2. The number of aliphatic hydroxyl groups is 1. The number of pyridine rings is 1. The molecule has 1 aromatic heterocycles. The second-order valence-electron chi connectivity index (χ2n) is 4.92. The summed E-state index contributed by atoms with van der Waals surface area (Å²) in [6.45, 7) is 5.46. The van der Waals surface area contributed by atoms with Crippen LogP contribution in [0.1, 0.15) is 23.1 Å². The number of H-pyrrole nitrogens is 1. The van der Waals surface area contributed by atoms with Gasteiger partial charge >= 0.3 is 0 Å². The van der Waals surface area contributed by atoms with Gasteiger partial charge in [-0.05, 0) is 49.9 Å². The SMILES string of the molecule is Cc1cc(C)c2[nH]c(=O)c(CNCCCO)cc2c1. The van der Waals surface area contributed by atoms with E-state index in [0.717, 1.165) is 22.0 Å². The van der Waals surface area contributed by atoms with E-state index in [1.807, 2.05) is 13.0 Å². The van der Waals surface area contributed by atoms with Crippen LogP contribution in [0.4, 0.5) is 0 Å². The Hall–Kier alpha value is -1.65. The Kier molecular flexibility index (Phi) is 4.35. The van der Waals surface area contributed by atoms with Gasteiger partial charge in [0.05, 0.1) is 5.52 Å². The molecule has 0 aliphatic rings. The van der Waals surface area contributed by atoms with Gasteiger partial charge in [0.15, 0.2) is 0 Å². The van der Waals surface area contributed by atoms with Gasteiger partial charge in [-0.15, -0.1) is 0 Å². The molecular formula is C15H20N2O2. The van der Waals surface area contributed by atoms with Crippen molar-refractivity contribution < 1.29 is 5.11 Å². The molecule has 19 heavy (non-hydrogen) atoms. The minimum atomic E-state index is -0.0454. The third-order valence-electron chi connectivity index (χ3n) is 3.20. The predicted octanol–water partition coefficient (Wildman–Crippen LogP) is 1.62. The standard InChI is InChI=1S/C15H20N2O2/c1-10-6-11(2)14-12(7-10)8-13(15(19)17-14)9-16-4-3-5-18/h6-8,16,18H,3-5,9H2,1-2H3,(H,17,19). The van der Waals surface area contributed by atoms with Crippen molar-refractivity contribution in [1.29, 1.82) is 0 Å². The first-order valence-electron chi connectivity index (χ1n) is 6.56. The molecule has 0 bridgehead atoms. The Bertz CT molecular complexity index is 632. The molecule has 0 saturated heterocycles. The minimum Gasteiger partial charge on any atom is -0.396 e. The summed E-state index contributed by atoms with van der Waals surface area (Å²) >= 11 is 0. The van der Waals surface area contributed by atoms with Crippen LogP contribution < -0.4 is 10.9 Å². The minimum absolute atomic E-state index is 0.0454. The highest BCUT2D eigenvalue weighted by Crippen LogP contribution is 2.17. The third-order valence-corrected chi connectivity index (χ3v) is 3.20. The molecule has 0 saturated carbocycles. The Balaban J connectivity index is 2.30. The summed E-state index contributed by atoms with van der Waals surface area (Å²) in [7, 11) is 0. The summed E-state index contributed by atoms with van der Waals surface area (Å²) in [5.74, 6) is 0. The molecule has 2 aromatic rings. The summed E-state index contributed by atoms with van der Waals surface area (Å²) in [4.78, 5) is 14.9. The van der Waals surface area contributed by atoms with Crippen LogP contribution in [0.3, 0.4) is 0 Å². The van der Waals surface area contributed by atoms with Gasteiger partial charge in [0.25, 0.3) is 5.56 Å². The van der Waals surface area contributed by atoms with Crippen LogP contribution >= 0.6 is 0 Å². The van der Waals surface area contributed by atoms with Gasteiger partial charge in [-0.3, -0.25) is 4.79 Å². The van der Waals surface area contributed by atoms with Crippen LogP contribution in [0.2, 0.25) is 0 Å². The summed E-state index contributed by atoms with van der Waals surface area (Å²) in [6.07, 6.45) is 0.698. The maximum absolute atomic E-state index is 12.0. The largest absolute Gasteiger partial charge is 0.396 e. The zero-order valence-corrected chi connectivity index (χ0v) is 11.4. The van der Waals surface area contributed by atoms with Gasteiger partial charge in [0.1, 0.15) is 0 Å². The van der Waals surface area contributed by atoms with E-state index < -0.39 is 0 Å². The maximum Gasteiger partial charge on any atom is 0.252 e. The highest BCUT2D eigenvalue weighted by atomic mass is 16.3. The lowest BCUT2D eigenvalue weighted by Gasteiger charge is -2.08. The van der Waals surface area contributed by atoms with E-state index in [1.54, 1.807) is 0 Å². The van der Waals surface area contributed by atoms with E-state index in [9.17, 15) is 4.79 Å². The molecule has 1 aromatic carbocycles. The predicted molar refractivity (Wildman–Crippen MR) is 77.5 cm³/mol. The number of hydrogen-bond donors (Lipinski definition) is 3. The number of hydrogen-bond acceptors (Lipinski definition) is 3. The number of aliphatic hydroxyl groups excluding tert-OH is 1. The Morgan fingerprint density at radius 2 is 2.05 bits per heavy atom. The van der Waals surface area contributed by atoms with Gasteiger partial charge in [0.2, 0.25) is 0 Å². The quantitative estimate of drug-likeness (QED) is 0.716. The molecule has 1 heterocycles. The number of aromatic nitrogens is 1. The van der Waals surface area contributed by atoms with E-state index >= 15 is 0 Å². The molecule has 0 amide bonds. The monoisotopic (exact) mass is 260 g/mol. The zero-order chi connectivity index (χ0) is 13.8. The lowest BCUT2D eigenvalue weighted by molar-refractivity contribution is 0.286. The molecule has 0 atom stereocenters. The summed E-state index contributed by atoms with van der Waals surface area (Å²) in [5.41, 5.74) is 3.88. The average molecular weight is 260 g/mol. The second-order valence-corrected chi connectivity index (χ2v) is 4.92. The van der Waals surface area contributed by atoms with Gasteiger partial charge in [-0.2, -0.15) is 0 Å². The molecule has 0 aliphatic heterocycles. The Morgan fingerprint density at radius 1 is 1.26 bits per heavy atom. The van der Waals surface area contributed by atoms with Gasteiger partial charge in [-0.25, -0.2) is 0 Å². The fraction of sp³-hybridized carbons (Fsp3) is 0.400. The van der Waals surface area contributed by atoms with Crippen LogP contribution in [0.5, 0.6) is 0 Å². The molecule has 2 rings (SSSR count). The van der Waals surface area contributed by atoms with Crippen molar-refractivity contribution in [1.82, 2.24) is 10.3 Å². The van der Waals surface area contributed by atoms with Crippen LogP contribution in [-0.4, -0.2) is 23.2 Å². The first kappa shape index (κ1) is 13.8. The zero-order valence-electron chi connectivity index (χ0n) is 11.4. The smallest absolute Gasteiger partial charge is 0.252 e. The third kappa shape index (κ3) is 3.22. The molecule has 4 heteroatoms. The van der Waals surface area contributed by atoms with Gasteiger partial charge in [0, 0.05) is 18.7 Å². The topological polar surface area (TPSA) is 65.1 Å². The summed E-state index contributed by atoms with van der Waals surface area (Å²) in [5, 5.41) is 12.9. The van der Waals surface area contributed by atoms with Crippen molar-refractivity contribution in [2.24, 2.45) is 0 Å². The highest BCUT2D eigenvalue weighted by Gasteiger charge is 2.05. The van der Waals surface area contributed by atoms with Crippen molar-refractivity contribution in [3.63, 3.8) is 0 Å². The second kappa shape index (κ2) is 5.99. The molecule has 0 fully saturated rings. The van der Waals surface area contributed by atoms with Crippen molar-refractivity contribution in [2.45, 2.75) is 26.8 Å². The van der Waals surface area contributed by atoms with Crippen LogP contribution in [-0.2, 0) is 6.54 Å². The van der Waals surface area contributed by atoms with E-state index in [4.69, 9.17) is 5.11 Å². The van der Waals surface area contributed by atoms with E-state index in [1.165, 1.54) is 5.56 Å². The first-order chi connectivity index (χ1) is 9.11. The van der Waals surface area contributed by atoms with Crippen molar-refractivity contribution in [2.75, 3.05) is 13.2 Å². The average Bonchev–Trinajstić information content (AvgIpc) is 2.36. The van der Waals surface area contributed by atoms with E-state index in [0.29, 0.717) is 19.5 Å². The molecule has 0 unspecified atom stereocenters. The molecule has 0 aliphatic carbocycles. The fourth-order valence-electron chi connectivity index (χ4n) is 2.29. The number of nitrogens with one attached hydrogen (secondary N) is 2. The Morgan fingerprint density at radius 3 is 2.79 bits per heavy atom. The van der Waals surface area contributed by atoms with Crippen LogP contribution in [0, 0.1) is 13.8 Å². The van der Waals surface area contributed by atoms with Gasteiger partial charge in [-0.1, -0.05) is 11.6 Å². The molecular weight excluding hydrogens is 240 g/mol. The van der Waals surface area contributed by atoms with Crippen LogP contribution in [0.25, 0.3) is 10.9 Å². The maximum atomic E-state index is 12.0. The van der Waals surface area contributed by atoms with E-state index in [-0.39, 0.29) is 12.2 Å². The van der Waals surface area contributed by atoms with Gasteiger partial charge < -0.3 is 15.4 Å². The number of aromatic amines is 1. The molecule has 102 valence electrons. The molecule has 0 spiro atoms. The molecule has 4 nitrogen and oxygen atoms in total. The van der Waals surface area contributed by atoms with E-state index in [2.05, 4.69) is 29.4 Å². The lowest BCUT2D eigenvalue weighted by Crippen LogP contribution is -2.22. The molecule has 3 N–H and O–H groups in total. The van der Waals surface area contributed by atoms with Crippen molar-refractivity contribution in [3.05, 3.63) is 45.2 Å². The number of benzene rings is 1. The summed E-state index contributed by atoms with van der Waals surface area (Å²) in [6, 6.07) is 6.09. The molecule has 0 radical (unpaired) electrons. The summed E-state index contributed by atoms with van der Waals surface area (Å²) < 4.78 is 0. The lowest BCUT2D eigenvalue weighted by atomic mass is 10.1. The normalized spacial score (nSPS) is 11.1. The van der Waals surface area contributed by atoms with Crippen LogP contribution in [0.15, 0.2) is 23.0 Å². The van der Waals surface area contributed by atoms with Crippen molar-refractivity contribution in [3.8, 4) is 0 Å². The Labute approximate surface area is 112 Å². The number of rotatable bonds is 5. The number of fused-ring (bicyclic) bond motifs is 1. The highest BCUT2D eigenvalue weighted by molar-refractivity contribution is 5.82. The fourth-order valence-corrected chi connectivity index (χ4v) is 2.29. The first-order valence-corrected chi connectivity index (χ1v) is 6.56. The van der Waals surface area contributed by atoms with Crippen molar-refractivity contribution >= 4 is 10.9 Å².